The lowest BCUT2D eigenvalue weighted by Gasteiger charge is -2.26. The number of benzene rings is 1. The molecule has 3 rings (SSSR count). The highest BCUT2D eigenvalue weighted by Gasteiger charge is 2.20. The van der Waals surface area contributed by atoms with Gasteiger partial charge in [0.05, 0.1) is 11.5 Å². The van der Waals surface area contributed by atoms with E-state index in [1.54, 1.807) is 13.1 Å². The van der Waals surface area contributed by atoms with Crippen LogP contribution in [0.1, 0.15) is 5.56 Å². The second-order valence-corrected chi connectivity index (χ2v) is 8.98. The molecule has 2 aromatic rings. The fourth-order valence-corrected chi connectivity index (χ4v) is 4.48. The molecule has 1 aliphatic heterocycles. The summed E-state index contributed by atoms with van der Waals surface area (Å²) in [6.07, 6.45) is 2.70. The van der Waals surface area contributed by atoms with Gasteiger partial charge in [0.15, 0.2) is 15.8 Å². The van der Waals surface area contributed by atoms with E-state index >= 15 is 0 Å². The maximum atomic E-state index is 13.3. The van der Waals surface area contributed by atoms with Crippen LogP contribution in [-0.4, -0.2) is 75.5 Å². The van der Waals surface area contributed by atoms with Gasteiger partial charge in [0, 0.05) is 56.9 Å². The molecule has 2 heterocycles. The summed E-state index contributed by atoms with van der Waals surface area (Å²) in [6, 6.07) is 4.76. The Morgan fingerprint density at radius 2 is 1.96 bits per heavy atom. The summed E-state index contributed by atoms with van der Waals surface area (Å²) in [5, 5.41) is 7.55. The molecule has 0 aliphatic carbocycles. The first-order chi connectivity index (χ1) is 13.0. The summed E-state index contributed by atoms with van der Waals surface area (Å²) in [4.78, 5) is 9.45. The van der Waals surface area contributed by atoms with Crippen LogP contribution >= 0.6 is 24.0 Å². The van der Waals surface area contributed by atoms with Gasteiger partial charge in [0.2, 0.25) is 0 Å². The van der Waals surface area contributed by atoms with Gasteiger partial charge in [-0.15, -0.1) is 24.0 Å². The maximum Gasteiger partial charge on any atom is 0.191 e. The van der Waals surface area contributed by atoms with Crippen molar-refractivity contribution in [1.29, 1.82) is 0 Å². The Kier molecular flexibility index (Phi) is 8.50. The van der Waals surface area contributed by atoms with Crippen molar-refractivity contribution in [1.82, 2.24) is 20.5 Å². The van der Waals surface area contributed by atoms with Crippen molar-refractivity contribution >= 4 is 50.7 Å². The van der Waals surface area contributed by atoms with Crippen molar-refractivity contribution in [2.24, 2.45) is 4.99 Å². The molecule has 0 unspecified atom stereocenters. The first-order valence-electron chi connectivity index (χ1n) is 9.10. The van der Waals surface area contributed by atoms with Crippen LogP contribution in [0.4, 0.5) is 4.39 Å². The molecule has 0 saturated carbocycles. The molecule has 10 heteroatoms. The Labute approximate surface area is 182 Å². The van der Waals surface area contributed by atoms with Crippen molar-refractivity contribution in [2.75, 3.05) is 51.3 Å². The minimum absolute atomic E-state index is 0. The lowest BCUT2D eigenvalue weighted by Crippen LogP contribution is -2.46. The minimum Gasteiger partial charge on any atom is -0.361 e. The molecule has 1 fully saturated rings. The molecule has 0 bridgehead atoms. The summed E-state index contributed by atoms with van der Waals surface area (Å²) in [6.45, 7) is 3.37. The number of hydrogen-bond acceptors (Lipinski definition) is 4. The zero-order chi connectivity index (χ0) is 19.3. The van der Waals surface area contributed by atoms with Crippen LogP contribution in [0.3, 0.4) is 0 Å². The van der Waals surface area contributed by atoms with Gasteiger partial charge in [-0.3, -0.25) is 9.89 Å². The van der Waals surface area contributed by atoms with Gasteiger partial charge in [0.1, 0.15) is 5.82 Å². The standard InChI is InChI=1S/C18H26FN5O2S.HI/c1-20-18(22-6-7-24-8-10-27(25,26)11-9-24)21-5-4-14-13-23-17-12-15(19)2-3-16(14)17;/h2-3,12-13,23H,4-11H2,1H3,(H2,20,21,22);1H. The van der Waals surface area contributed by atoms with Gasteiger partial charge in [0.25, 0.3) is 0 Å². The zero-order valence-corrected chi connectivity index (χ0v) is 19.0. The Morgan fingerprint density at radius 1 is 1.25 bits per heavy atom. The first-order valence-corrected chi connectivity index (χ1v) is 10.9. The third kappa shape index (κ3) is 6.31. The zero-order valence-electron chi connectivity index (χ0n) is 15.9. The number of nitrogens with zero attached hydrogens (tertiary/aromatic N) is 2. The largest absolute Gasteiger partial charge is 0.361 e. The van der Waals surface area contributed by atoms with Gasteiger partial charge < -0.3 is 15.6 Å². The van der Waals surface area contributed by atoms with Crippen LogP contribution in [0, 0.1) is 5.82 Å². The van der Waals surface area contributed by atoms with Gasteiger partial charge in [-0.05, 0) is 30.2 Å². The topological polar surface area (TPSA) is 89.6 Å². The van der Waals surface area contributed by atoms with Gasteiger partial charge >= 0.3 is 0 Å². The van der Waals surface area contributed by atoms with E-state index in [-0.39, 0.29) is 41.3 Å². The molecule has 1 aliphatic rings. The lowest BCUT2D eigenvalue weighted by molar-refractivity contribution is 0.299. The van der Waals surface area contributed by atoms with Crippen LogP contribution < -0.4 is 10.6 Å². The van der Waals surface area contributed by atoms with E-state index in [1.165, 1.54) is 12.1 Å². The van der Waals surface area contributed by atoms with E-state index in [0.717, 1.165) is 29.4 Å². The lowest BCUT2D eigenvalue weighted by atomic mass is 10.1. The molecule has 0 amide bonds. The monoisotopic (exact) mass is 523 g/mol. The highest BCUT2D eigenvalue weighted by Crippen LogP contribution is 2.19. The van der Waals surface area contributed by atoms with E-state index < -0.39 is 9.84 Å². The fourth-order valence-electron chi connectivity index (χ4n) is 3.21. The number of guanidine groups is 1. The molecule has 0 atom stereocenters. The second kappa shape index (κ2) is 10.4. The molecule has 7 nitrogen and oxygen atoms in total. The van der Waals surface area contributed by atoms with Crippen LogP contribution in [0.25, 0.3) is 10.9 Å². The van der Waals surface area contributed by atoms with Crippen molar-refractivity contribution < 1.29 is 12.8 Å². The van der Waals surface area contributed by atoms with Crippen molar-refractivity contribution in [3.63, 3.8) is 0 Å². The Bertz CT molecular complexity index is 902. The number of H-pyrrole nitrogens is 1. The number of hydrogen-bond donors (Lipinski definition) is 3. The maximum absolute atomic E-state index is 13.3. The predicted octanol–water partition coefficient (Wildman–Crippen LogP) is 1.36. The van der Waals surface area contributed by atoms with E-state index in [2.05, 4.69) is 25.5 Å². The molecule has 156 valence electrons. The third-order valence-electron chi connectivity index (χ3n) is 4.80. The van der Waals surface area contributed by atoms with Gasteiger partial charge in [-0.25, -0.2) is 12.8 Å². The predicted molar refractivity (Wildman–Crippen MR) is 122 cm³/mol. The highest BCUT2D eigenvalue weighted by molar-refractivity contribution is 14.0. The summed E-state index contributed by atoms with van der Waals surface area (Å²) in [7, 11) is -1.12. The number of sulfone groups is 1. The third-order valence-corrected chi connectivity index (χ3v) is 6.41. The van der Waals surface area contributed by atoms with Gasteiger partial charge in [-0.2, -0.15) is 0 Å². The summed E-state index contributed by atoms with van der Waals surface area (Å²) >= 11 is 0. The molecule has 1 saturated heterocycles. The van der Waals surface area contributed by atoms with Gasteiger partial charge in [-0.1, -0.05) is 0 Å². The van der Waals surface area contributed by atoms with E-state index in [0.29, 0.717) is 32.1 Å². The second-order valence-electron chi connectivity index (χ2n) is 6.67. The number of aliphatic imine (C=N–C) groups is 1. The number of aromatic nitrogens is 1. The Morgan fingerprint density at radius 3 is 2.68 bits per heavy atom. The normalized spacial score (nSPS) is 17.3. The smallest absolute Gasteiger partial charge is 0.191 e. The molecular formula is C18H27FIN5O2S. The van der Waals surface area contributed by atoms with Crippen LogP contribution in [-0.2, 0) is 16.3 Å². The summed E-state index contributed by atoms with van der Waals surface area (Å²) in [5.41, 5.74) is 1.93. The summed E-state index contributed by atoms with van der Waals surface area (Å²) < 4.78 is 36.1. The van der Waals surface area contributed by atoms with Crippen molar-refractivity contribution in [2.45, 2.75) is 6.42 Å². The van der Waals surface area contributed by atoms with E-state index in [1.807, 2.05) is 6.20 Å². The molecule has 1 aromatic heterocycles. The first kappa shape index (κ1) is 22.9. The molecule has 3 N–H and O–H groups in total. The Hall–Kier alpha value is -1.40. The van der Waals surface area contributed by atoms with Crippen molar-refractivity contribution in [3.8, 4) is 0 Å². The highest BCUT2D eigenvalue weighted by atomic mass is 127. The number of fused-ring (bicyclic) bond motifs is 1. The number of aromatic amines is 1. The van der Waals surface area contributed by atoms with E-state index in [9.17, 15) is 12.8 Å². The van der Waals surface area contributed by atoms with Crippen LogP contribution in [0.2, 0.25) is 0 Å². The SMILES string of the molecule is CN=C(NCCc1c[nH]c2cc(F)ccc12)NCCN1CCS(=O)(=O)CC1.I. The summed E-state index contributed by atoms with van der Waals surface area (Å²) in [5.74, 6) is 0.957. The minimum atomic E-state index is -2.83. The quantitative estimate of drug-likeness (QED) is 0.303. The fraction of sp³-hybridized carbons (Fsp3) is 0.500. The molecule has 1 aromatic carbocycles. The van der Waals surface area contributed by atoms with Crippen molar-refractivity contribution in [3.05, 3.63) is 35.8 Å². The molecule has 0 radical (unpaired) electrons. The average molecular weight is 523 g/mol. The number of nitrogens with one attached hydrogen (secondary N) is 3. The number of halogens is 2. The van der Waals surface area contributed by atoms with E-state index in [4.69, 9.17) is 0 Å². The Balaban J connectivity index is 0.00000280. The molecule has 0 spiro atoms. The van der Waals surface area contributed by atoms with Crippen LogP contribution in [0.15, 0.2) is 29.4 Å². The average Bonchev–Trinajstić information content (AvgIpc) is 3.03. The molecule has 28 heavy (non-hydrogen) atoms. The number of rotatable bonds is 6. The molecular weight excluding hydrogens is 496 g/mol. The van der Waals surface area contributed by atoms with Crippen LogP contribution in [0.5, 0.6) is 0 Å².